The highest BCUT2D eigenvalue weighted by atomic mass is 32.2. The van der Waals surface area contributed by atoms with Gasteiger partial charge in [-0.05, 0) is 26.1 Å². The molecular formula is C13H18N4O3S. The number of hydrogen-bond acceptors (Lipinski definition) is 5. The summed E-state index contributed by atoms with van der Waals surface area (Å²) in [6.07, 6.45) is 0. The molecule has 114 valence electrons. The SMILES string of the molecule is CNC(C)CNC(=O)CN=C1NS(=O)(=O)c2ccccc21. The van der Waals surface area contributed by atoms with Gasteiger partial charge in [0.25, 0.3) is 10.0 Å². The number of aliphatic imine (C=N–C) groups is 1. The topological polar surface area (TPSA) is 99.7 Å². The van der Waals surface area contributed by atoms with E-state index in [1.165, 1.54) is 6.07 Å². The summed E-state index contributed by atoms with van der Waals surface area (Å²) in [6, 6.07) is 6.70. The molecule has 1 aromatic rings. The Morgan fingerprint density at radius 3 is 2.81 bits per heavy atom. The predicted molar refractivity (Wildman–Crippen MR) is 79.7 cm³/mol. The fourth-order valence-electron chi connectivity index (χ4n) is 1.83. The van der Waals surface area contributed by atoms with E-state index in [9.17, 15) is 13.2 Å². The van der Waals surface area contributed by atoms with Crippen molar-refractivity contribution < 1.29 is 13.2 Å². The van der Waals surface area contributed by atoms with Gasteiger partial charge in [-0.3, -0.25) is 14.5 Å². The van der Waals surface area contributed by atoms with Gasteiger partial charge in [-0.1, -0.05) is 12.1 Å². The van der Waals surface area contributed by atoms with Crippen molar-refractivity contribution in [3.63, 3.8) is 0 Å². The maximum Gasteiger partial charge on any atom is 0.263 e. The lowest BCUT2D eigenvalue weighted by Crippen LogP contribution is -2.38. The van der Waals surface area contributed by atoms with Gasteiger partial charge in [0.15, 0.2) is 0 Å². The Bertz CT molecular complexity index is 670. The number of carbonyl (C=O) groups is 1. The van der Waals surface area contributed by atoms with Crippen LogP contribution < -0.4 is 15.4 Å². The Morgan fingerprint density at radius 2 is 2.10 bits per heavy atom. The van der Waals surface area contributed by atoms with Crippen molar-refractivity contribution in [2.75, 3.05) is 20.1 Å². The van der Waals surface area contributed by atoms with Crippen LogP contribution in [0.2, 0.25) is 0 Å². The normalized spacial score (nSPS) is 18.9. The predicted octanol–water partition coefficient (Wildman–Crippen LogP) is -0.551. The molecule has 0 bridgehead atoms. The molecule has 1 atom stereocenters. The van der Waals surface area contributed by atoms with Crippen LogP contribution in [0.3, 0.4) is 0 Å². The van der Waals surface area contributed by atoms with E-state index in [-0.39, 0.29) is 29.2 Å². The lowest BCUT2D eigenvalue weighted by atomic mass is 10.2. The molecule has 0 radical (unpaired) electrons. The summed E-state index contributed by atoms with van der Waals surface area (Å²) < 4.78 is 26.1. The number of nitrogens with zero attached hydrogens (tertiary/aromatic N) is 1. The third kappa shape index (κ3) is 3.59. The first-order valence-electron chi connectivity index (χ1n) is 6.54. The molecule has 21 heavy (non-hydrogen) atoms. The molecule has 0 fully saturated rings. The van der Waals surface area contributed by atoms with Crippen LogP contribution in [0.1, 0.15) is 12.5 Å². The first kappa shape index (κ1) is 15.5. The minimum Gasteiger partial charge on any atom is -0.353 e. The number of nitrogens with one attached hydrogen (secondary N) is 3. The zero-order chi connectivity index (χ0) is 15.5. The van der Waals surface area contributed by atoms with Gasteiger partial charge in [-0.2, -0.15) is 0 Å². The zero-order valence-corrected chi connectivity index (χ0v) is 12.7. The Labute approximate surface area is 123 Å². The van der Waals surface area contributed by atoms with Gasteiger partial charge in [-0.25, -0.2) is 8.42 Å². The number of amides is 1. The molecule has 1 aliphatic heterocycles. The quantitative estimate of drug-likeness (QED) is 0.679. The second kappa shape index (κ2) is 6.23. The second-order valence-corrected chi connectivity index (χ2v) is 6.41. The molecule has 0 saturated heterocycles. The summed E-state index contributed by atoms with van der Waals surface area (Å²) in [7, 11) is -1.75. The highest BCUT2D eigenvalue weighted by Gasteiger charge is 2.30. The highest BCUT2D eigenvalue weighted by Crippen LogP contribution is 2.21. The molecule has 0 saturated carbocycles. The van der Waals surface area contributed by atoms with Gasteiger partial charge in [0, 0.05) is 18.2 Å². The largest absolute Gasteiger partial charge is 0.353 e. The fourth-order valence-corrected chi connectivity index (χ4v) is 3.08. The number of sulfonamides is 1. The molecule has 1 aromatic carbocycles. The average Bonchev–Trinajstić information content (AvgIpc) is 2.74. The van der Waals surface area contributed by atoms with E-state index in [1.807, 2.05) is 6.92 Å². The molecule has 8 heteroatoms. The van der Waals surface area contributed by atoms with Crippen molar-refractivity contribution in [3.05, 3.63) is 29.8 Å². The zero-order valence-electron chi connectivity index (χ0n) is 11.9. The summed E-state index contributed by atoms with van der Waals surface area (Å²) in [4.78, 5) is 15.9. The Balaban J connectivity index is 2.05. The van der Waals surface area contributed by atoms with E-state index in [0.717, 1.165) is 0 Å². The van der Waals surface area contributed by atoms with Crippen LogP contribution >= 0.6 is 0 Å². The van der Waals surface area contributed by atoms with Crippen molar-refractivity contribution in [2.45, 2.75) is 17.9 Å². The van der Waals surface area contributed by atoms with E-state index in [1.54, 1.807) is 25.2 Å². The lowest BCUT2D eigenvalue weighted by Gasteiger charge is -2.10. The number of carbonyl (C=O) groups excluding carboxylic acids is 1. The number of rotatable bonds is 5. The molecular weight excluding hydrogens is 292 g/mol. The van der Waals surface area contributed by atoms with Gasteiger partial charge < -0.3 is 10.6 Å². The summed E-state index contributed by atoms with van der Waals surface area (Å²) in [5.41, 5.74) is 0.494. The third-order valence-corrected chi connectivity index (χ3v) is 4.54. The van der Waals surface area contributed by atoms with Gasteiger partial charge in [0.1, 0.15) is 12.4 Å². The molecule has 0 spiro atoms. The number of hydrogen-bond donors (Lipinski definition) is 3. The molecule has 1 unspecified atom stereocenters. The van der Waals surface area contributed by atoms with Crippen molar-refractivity contribution in [1.29, 1.82) is 0 Å². The van der Waals surface area contributed by atoms with Crippen LogP contribution in [-0.4, -0.2) is 46.3 Å². The van der Waals surface area contributed by atoms with E-state index >= 15 is 0 Å². The van der Waals surface area contributed by atoms with Crippen molar-refractivity contribution in [1.82, 2.24) is 15.4 Å². The molecule has 7 nitrogen and oxygen atoms in total. The third-order valence-electron chi connectivity index (χ3n) is 3.14. The molecule has 0 aliphatic carbocycles. The summed E-state index contributed by atoms with van der Waals surface area (Å²) in [5.74, 6) is -0.0457. The first-order valence-corrected chi connectivity index (χ1v) is 8.03. The molecule has 3 N–H and O–H groups in total. The van der Waals surface area contributed by atoms with Gasteiger partial charge >= 0.3 is 0 Å². The van der Waals surface area contributed by atoms with Crippen LogP contribution in [0.15, 0.2) is 34.2 Å². The van der Waals surface area contributed by atoms with Gasteiger partial charge in [0.2, 0.25) is 5.91 Å². The molecule has 0 aromatic heterocycles. The average molecular weight is 310 g/mol. The van der Waals surface area contributed by atoms with E-state index in [4.69, 9.17) is 0 Å². The monoisotopic (exact) mass is 310 g/mol. The standard InChI is InChI=1S/C13H18N4O3S/c1-9(14-2)7-15-12(18)8-16-13-10-5-3-4-6-11(10)21(19,20)17-13/h3-6,9,14H,7-8H2,1-2H3,(H,15,18)(H,16,17). The van der Waals surface area contributed by atoms with Crippen LogP contribution in [0.5, 0.6) is 0 Å². The van der Waals surface area contributed by atoms with Crippen molar-refractivity contribution in [3.8, 4) is 0 Å². The lowest BCUT2D eigenvalue weighted by molar-refractivity contribution is -0.119. The van der Waals surface area contributed by atoms with Crippen LogP contribution in [0.4, 0.5) is 0 Å². The van der Waals surface area contributed by atoms with Gasteiger partial charge in [-0.15, -0.1) is 0 Å². The Morgan fingerprint density at radius 1 is 1.38 bits per heavy atom. The molecule has 1 heterocycles. The smallest absolute Gasteiger partial charge is 0.263 e. The van der Waals surface area contributed by atoms with Crippen molar-refractivity contribution in [2.24, 2.45) is 4.99 Å². The van der Waals surface area contributed by atoms with Crippen LogP contribution in [-0.2, 0) is 14.8 Å². The Kier molecular flexibility index (Phi) is 4.59. The molecule has 1 amide bonds. The number of likely N-dealkylation sites (N-methyl/N-ethyl adjacent to an activating group) is 1. The summed E-state index contributed by atoms with van der Waals surface area (Å²) in [6.45, 7) is 2.30. The number of benzene rings is 1. The molecule has 1 aliphatic rings. The van der Waals surface area contributed by atoms with E-state index in [2.05, 4.69) is 20.3 Å². The van der Waals surface area contributed by atoms with E-state index in [0.29, 0.717) is 12.1 Å². The Hall–Kier alpha value is -1.93. The number of fused-ring (bicyclic) bond motifs is 1. The second-order valence-electron chi connectivity index (χ2n) is 4.76. The molecule has 2 rings (SSSR count). The fraction of sp³-hybridized carbons (Fsp3) is 0.385. The van der Waals surface area contributed by atoms with Crippen LogP contribution in [0.25, 0.3) is 0 Å². The van der Waals surface area contributed by atoms with Crippen molar-refractivity contribution >= 4 is 21.8 Å². The highest BCUT2D eigenvalue weighted by molar-refractivity contribution is 7.90. The number of amidine groups is 1. The van der Waals surface area contributed by atoms with Gasteiger partial charge in [0.05, 0.1) is 4.90 Å². The van der Waals surface area contributed by atoms with E-state index < -0.39 is 10.0 Å². The van der Waals surface area contributed by atoms with Crippen LogP contribution in [0, 0.1) is 0 Å². The maximum absolute atomic E-state index is 11.9. The summed E-state index contributed by atoms with van der Waals surface area (Å²) in [5, 5.41) is 5.72. The maximum atomic E-state index is 11.9. The summed E-state index contributed by atoms with van der Waals surface area (Å²) >= 11 is 0. The minimum atomic E-state index is -3.55. The minimum absolute atomic E-state index is 0.122. The first-order chi connectivity index (χ1) is 9.94.